The zero-order chi connectivity index (χ0) is 25.3. The number of ether oxygens (including phenoxy) is 1. The van der Waals surface area contributed by atoms with Crippen LogP contribution in [-0.4, -0.2) is 72.9 Å². The number of allylic oxidation sites excluding steroid dienone is 1. The van der Waals surface area contributed by atoms with Crippen molar-refractivity contribution in [2.45, 2.75) is 70.9 Å². The number of hydrogen-bond acceptors (Lipinski definition) is 10. The van der Waals surface area contributed by atoms with E-state index in [1.807, 2.05) is 19.9 Å². The molecule has 0 bridgehead atoms. The predicted molar refractivity (Wildman–Crippen MR) is 141 cm³/mol. The summed E-state index contributed by atoms with van der Waals surface area (Å²) < 4.78 is 19.2. The average Bonchev–Trinajstić information content (AvgIpc) is 3.37. The SMILES string of the molecule is CC1=C(c2nc3c(C)nccc3s2)C(CCNC2C[C@H](CO)C[C@H]2OC(C)(C)O)N=C(S(C)=O)N1. The van der Waals surface area contributed by atoms with Crippen molar-refractivity contribution in [3.63, 3.8) is 0 Å². The van der Waals surface area contributed by atoms with Gasteiger partial charge in [0.1, 0.15) is 10.5 Å². The van der Waals surface area contributed by atoms with Gasteiger partial charge >= 0.3 is 0 Å². The molecule has 2 aromatic heterocycles. The minimum atomic E-state index is -1.23. The molecule has 1 fully saturated rings. The third-order valence-electron chi connectivity index (χ3n) is 6.42. The van der Waals surface area contributed by atoms with E-state index < -0.39 is 16.6 Å². The Bertz CT molecular complexity index is 1160. The second-order valence-electron chi connectivity index (χ2n) is 9.80. The maximum atomic E-state index is 12.2. The Kier molecular flexibility index (Phi) is 8.04. The number of nitrogens with zero attached hydrogens (tertiary/aromatic N) is 3. The van der Waals surface area contributed by atoms with Gasteiger partial charge in [-0.2, -0.15) is 0 Å². The number of hydrogen-bond donors (Lipinski definition) is 4. The topological polar surface area (TPSA) is 129 Å². The van der Waals surface area contributed by atoms with E-state index in [2.05, 4.69) is 15.6 Å². The van der Waals surface area contributed by atoms with E-state index in [0.29, 0.717) is 24.6 Å². The first-order chi connectivity index (χ1) is 16.6. The van der Waals surface area contributed by atoms with E-state index in [0.717, 1.165) is 38.6 Å². The molecule has 0 spiro atoms. The number of aliphatic hydroxyl groups is 2. The second kappa shape index (κ2) is 10.7. The molecule has 4 rings (SSSR count). The molecule has 3 unspecified atom stereocenters. The maximum Gasteiger partial charge on any atom is 0.192 e. The summed E-state index contributed by atoms with van der Waals surface area (Å²) in [5.41, 5.74) is 3.70. The first kappa shape index (κ1) is 26.3. The summed E-state index contributed by atoms with van der Waals surface area (Å²) in [4.78, 5) is 14.1. The highest BCUT2D eigenvalue weighted by Crippen LogP contribution is 2.35. The summed E-state index contributed by atoms with van der Waals surface area (Å²) >= 11 is 1.61. The number of pyridine rings is 1. The van der Waals surface area contributed by atoms with Crippen molar-refractivity contribution in [2.24, 2.45) is 10.9 Å². The Labute approximate surface area is 212 Å². The van der Waals surface area contributed by atoms with Crippen LogP contribution in [0, 0.1) is 12.8 Å². The number of aromatic nitrogens is 2. The molecule has 0 aromatic carbocycles. The highest BCUT2D eigenvalue weighted by molar-refractivity contribution is 7.99. The van der Waals surface area contributed by atoms with Gasteiger partial charge in [0.15, 0.2) is 11.0 Å². The first-order valence-electron chi connectivity index (χ1n) is 11.9. The number of fused-ring (bicyclic) bond motifs is 1. The molecule has 5 atom stereocenters. The zero-order valence-electron chi connectivity index (χ0n) is 20.9. The Morgan fingerprint density at radius 2 is 2.11 bits per heavy atom. The van der Waals surface area contributed by atoms with Crippen molar-refractivity contribution in [1.29, 1.82) is 0 Å². The molecule has 1 aliphatic carbocycles. The number of amidine groups is 1. The Morgan fingerprint density at radius 3 is 2.77 bits per heavy atom. The van der Waals surface area contributed by atoms with E-state index in [1.54, 1.807) is 37.6 Å². The van der Waals surface area contributed by atoms with Crippen LogP contribution in [0.3, 0.4) is 0 Å². The largest absolute Gasteiger partial charge is 0.396 e. The molecule has 9 nitrogen and oxygen atoms in total. The van der Waals surface area contributed by atoms with Gasteiger partial charge < -0.3 is 25.6 Å². The predicted octanol–water partition coefficient (Wildman–Crippen LogP) is 2.30. The van der Waals surface area contributed by atoms with Gasteiger partial charge in [0.25, 0.3) is 0 Å². The Morgan fingerprint density at radius 1 is 1.34 bits per heavy atom. The molecule has 4 N–H and O–H groups in total. The molecule has 0 amide bonds. The molecular weight excluding hydrogens is 486 g/mol. The lowest BCUT2D eigenvalue weighted by atomic mass is 10.0. The summed E-state index contributed by atoms with van der Waals surface area (Å²) in [6, 6.07) is 1.79. The van der Waals surface area contributed by atoms with Crippen molar-refractivity contribution in [3.8, 4) is 0 Å². The summed E-state index contributed by atoms with van der Waals surface area (Å²) in [7, 11) is -1.23. The van der Waals surface area contributed by atoms with E-state index >= 15 is 0 Å². The van der Waals surface area contributed by atoms with Gasteiger partial charge in [-0.1, -0.05) is 0 Å². The molecule has 192 valence electrons. The van der Waals surface area contributed by atoms with Gasteiger partial charge in [-0.05, 0) is 65.5 Å². The van der Waals surface area contributed by atoms with Crippen LogP contribution in [0.1, 0.15) is 50.7 Å². The van der Waals surface area contributed by atoms with E-state index in [9.17, 15) is 14.4 Å². The van der Waals surface area contributed by atoms with Crippen LogP contribution < -0.4 is 10.6 Å². The summed E-state index contributed by atoms with van der Waals surface area (Å²) in [6.07, 6.45) is 5.40. The molecule has 1 saturated carbocycles. The van der Waals surface area contributed by atoms with Crippen LogP contribution in [0.25, 0.3) is 15.8 Å². The van der Waals surface area contributed by atoms with Gasteiger partial charge in [0.2, 0.25) is 0 Å². The molecule has 2 aliphatic rings. The quantitative estimate of drug-likeness (QED) is 0.390. The van der Waals surface area contributed by atoms with Crippen LogP contribution in [0.15, 0.2) is 23.0 Å². The van der Waals surface area contributed by atoms with Crippen LogP contribution in [0.2, 0.25) is 0 Å². The molecule has 11 heteroatoms. The summed E-state index contributed by atoms with van der Waals surface area (Å²) in [5, 5.41) is 28.0. The molecule has 35 heavy (non-hydrogen) atoms. The molecular formula is C24H35N5O4S2. The standard InChI is InChI=1S/C24H35N5O4S2/c1-13-20(22-29-21-14(2)25-9-7-19(21)34-22)16(28-23(27-13)35(5)32)6-8-26-17-10-15(12-30)11-18(17)33-24(3,4)31/h7,9,15-18,26,30-31H,6,8,10-12H2,1-5H3,(H,27,28)/t15-,16?,17?,18+,35?/m0/s1. The number of aliphatic hydroxyl groups excluding tert-OH is 1. The number of aryl methyl sites for hydroxylation is 1. The van der Waals surface area contributed by atoms with Gasteiger partial charge in [0.05, 0.1) is 33.3 Å². The lowest BCUT2D eigenvalue weighted by Gasteiger charge is -2.29. The van der Waals surface area contributed by atoms with Gasteiger partial charge in [-0.25, -0.2) is 4.98 Å². The molecule has 1 aliphatic heterocycles. The lowest BCUT2D eigenvalue weighted by Crippen LogP contribution is -2.43. The maximum absolute atomic E-state index is 12.2. The normalized spacial score (nSPS) is 26.2. The smallest absolute Gasteiger partial charge is 0.192 e. The first-order valence-corrected chi connectivity index (χ1v) is 14.3. The number of thiazole rings is 1. The number of aliphatic imine (C=N–C) groups is 1. The molecule has 0 radical (unpaired) electrons. The van der Waals surface area contributed by atoms with Crippen LogP contribution >= 0.6 is 11.3 Å². The monoisotopic (exact) mass is 521 g/mol. The highest BCUT2D eigenvalue weighted by Gasteiger charge is 2.37. The van der Waals surface area contributed by atoms with Crippen molar-refractivity contribution in [3.05, 3.63) is 28.7 Å². The van der Waals surface area contributed by atoms with Crippen LogP contribution in [-0.2, 0) is 15.5 Å². The fraction of sp³-hybridized carbons (Fsp3) is 0.625. The third kappa shape index (κ3) is 6.15. The highest BCUT2D eigenvalue weighted by atomic mass is 32.2. The molecule has 3 heterocycles. The zero-order valence-corrected chi connectivity index (χ0v) is 22.5. The van der Waals surface area contributed by atoms with Crippen molar-refractivity contribution < 1.29 is 19.2 Å². The van der Waals surface area contributed by atoms with Crippen LogP contribution in [0.5, 0.6) is 0 Å². The minimum absolute atomic E-state index is 0.0220. The Hall–Kier alpha value is -1.76. The van der Waals surface area contributed by atoms with E-state index in [1.165, 1.54) is 0 Å². The molecule has 2 aromatic rings. The Balaban J connectivity index is 1.53. The number of nitrogens with one attached hydrogen (secondary N) is 2. The fourth-order valence-corrected chi connectivity index (χ4v) is 6.58. The second-order valence-corrected chi connectivity index (χ2v) is 12.1. The number of rotatable bonds is 8. The minimum Gasteiger partial charge on any atom is -0.396 e. The van der Waals surface area contributed by atoms with Gasteiger partial charge in [-0.15, -0.1) is 11.3 Å². The van der Waals surface area contributed by atoms with Crippen molar-refractivity contribution in [1.82, 2.24) is 20.6 Å². The summed E-state index contributed by atoms with van der Waals surface area (Å²) in [5.74, 6) is -1.09. The van der Waals surface area contributed by atoms with Gasteiger partial charge in [-0.3, -0.25) is 14.2 Å². The van der Waals surface area contributed by atoms with Crippen molar-refractivity contribution >= 4 is 43.1 Å². The summed E-state index contributed by atoms with van der Waals surface area (Å²) in [6.45, 7) is 7.94. The average molecular weight is 522 g/mol. The fourth-order valence-electron chi connectivity index (χ4n) is 4.84. The lowest BCUT2D eigenvalue weighted by molar-refractivity contribution is -0.208. The van der Waals surface area contributed by atoms with Gasteiger partial charge in [0, 0.05) is 36.4 Å². The molecule has 0 saturated heterocycles. The third-order valence-corrected chi connectivity index (χ3v) is 8.23. The van der Waals surface area contributed by atoms with E-state index in [4.69, 9.17) is 14.7 Å². The van der Waals surface area contributed by atoms with Crippen molar-refractivity contribution in [2.75, 3.05) is 19.4 Å². The van der Waals surface area contributed by atoms with E-state index in [-0.39, 0.29) is 30.7 Å². The van der Waals surface area contributed by atoms with Crippen LogP contribution in [0.4, 0.5) is 0 Å².